The van der Waals surface area contributed by atoms with Crippen LogP contribution in [0.4, 0.5) is 0 Å². The molecule has 1 atom stereocenters. The van der Waals surface area contributed by atoms with Crippen LogP contribution in [0.15, 0.2) is 30.3 Å². The molecule has 0 aliphatic carbocycles. The summed E-state index contributed by atoms with van der Waals surface area (Å²) in [6, 6.07) is 9.93. The van der Waals surface area contributed by atoms with Crippen molar-refractivity contribution < 1.29 is 4.79 Å². The number of nitrogens with zero attached hydrogens (tertiary/aromatic N) is 1. The van der Waals surface area contributed by atoms with Gasteiger partial charge in [0, 0.05) is 13.1 Å². The van der Waals surface area contributed by atoms with E-state index in [0.717, 1.165) is 18.7 Å². The molecule has 2 heteroatoms. The molecule has 1 rings (SSSR count). The highest BCUT2D eigenvalue weighted by atomic mass is 16.2. The molecular weight excluding hydrogens is 186 g/mol. The fourth-order valence-corrected chi connectivity index (χ4v) is 1.69. The number of carbonyl (C=O) groups is 1. The monoisotopic (exact) mass is 205 g/mol. The van der Waals surface area contributed by atoms with Gasteiger partial charge in [0.15, 0.2) is 0 Å². The summed E-state index contributed by atoms with van der Waals surface area (Å²) in [5, 5.41) is 0. The molecule has 0 radical (unpaired) electrons. The van der Waals surface area contributed by atoms with Gasteiger partial charge in [0.1, 0.15) is 0 Å². The molecule has 0 fully saturated rings. The van der Waals surface area contributed by atoms with Crippen molar-refractivity contribution in [3.8, 4) is 0 Å². The second-order valence-corrected chi connectivity index (χ2v) is 3.64. The molecule has 2 nitrogen and oxygen atoms in total. The zero-order valence-corrected chi connectivity index (χ0v) is 9.73. The summed E-state index contributed by atoms with van der Waals surface area (Å²) in [6.45, 7) is 7.56. The van der Waals surface area contributed by atoms with Gasteiger partial charge in [0.05, 0.1) is 5.92 Å². The minimum atomic E-state index is -0.0360. The molecule has 82 valence electrons. The second-order valence-electron chi connectivity index (χ2n) is 3.64. The topological polar surface area (TPSA) is 20.3 Å². The van der Waals surface area contributed by atoms with Crippen LogP contribution in [0, 0.1) is 0 Å². The Kier molecular flexibility index (Phi) is 4.35. The Balaban J connectivity index is 2.76. The first-order valence-corrected chi connectivity index (χ1v) is 5.54. The smallest absolute Gasteiger partial charge is 0.229 e. The SMILES string of the molecule is CCN(CC)C(=O)C(C)c1ccccc1. The molecule has 0 saturated carbocycles. The van der Waals surface area contributed by atoms with Gasteiger partial charge in [-0.25, -0.2) is 0 Å². The molecule has 1 unspecified atom stereocenters. The average molecular weight is 205 g/mol. The number of benzene rings is 1. The van der Waals surface area contributed by atoms with Crippen LogP contribution < -0.4 is 0 Å². The van der Waals surface area contributed by atoms with Crippen LogP contribution in [0.3, 0.4) is 0 Å². The van der Waals surface area contributed by atoms with Crippen LogP contribution in [0.2, 0.25) is 0 Å². The Morgan fingerprint density at radius 2 is 1.73 bits per heavy atom. The molecule has 0 N–H and O–H groups in total. The molecule has 0 aromatic heterocycles. The molecular formula is C13H19NO. The Bertz CT molecular complexity index is 304. The summed E-state index contributed by atoms with van der Waals surface area (Å²) in [4.78, 5) is 13.9. The molecule has 15 heavy (non-hydrogen) atoms. The minimum absolute atomic E-state index is 0.0360. The molecule has 0 heterocycles. The minimum Gasteiger partial charge on any atom is -0.343 e. The second kappa shape index (κ2) is 5.54. The number of hydrogen-bond acceptors (Lipinski definition) is 1. The van der Waals surface area contributed by atoms with E-state index >= 15 is 0 Å². The lowest BCUT2D eigenvalue weighted by Crippen LogP contribution is -2.33. The van der Waals surface area contributed by atoms with Crippen molar-refractivity contribution in [2.45, 2.75) is 26.7 Å². The number of hydrogen-bond donors (Lipinski definition) is 0. The van der Waals surface area contributed by atoms with Crippen LogP contribution in [0.25, 0.3) is 0 Å². The van der Waals surface area contributed by atoms with E-state index in [9.17, 15) is 4.79 Å². The molecule has 1 amide bonds. The van der Waals surface area contributed by atoms with Crippen molar-refractivity contribution in [3.63, 3.8) is 0 Å². The summed E-state index contributed by atoms with van der Waals surface area (Å²) in [6.07, 6.45) is 0. The van der Waals surface area contributed by atoms with Crippen molar-refractivity contribution in [3.05, 3.63) is 35.9 Å². The van der Waals surface area contributed by atoms with Gasteiger partial charge in [-0.1, -0.05) is 30.3 Å². The fourth-order valence-electron chi connectivity index (χ4n) is 1.69. The van der Waals surface area contributed by atoms with Crippen molar-refractivity contribution in [1.82, 2.24) is 4.90 Å². The maximum absolute atomic E-state index is 12.0. The highest BCUT2D eigenvalue weighted by molar-refractivity contribution is 5.83. The Labute approximate surface area is 91.9 Å². The maximum Gasteiger partial charge on any atom is 0.229 e. The molecule has 0 spiro atoms. The first-order valence-electron chi connectivity index (χ1n) is 5.54. The van der Waals surface area contributed by atoms with E-state index in [4.69, 9.17) is 0 Å². The lowest BCUT2D eigenvalue weighted by molar-refractivity contribution is -0.132. The Morgan fingerprint density at radius 1 is 1.20 bits per heavy atom. The van der Waals surface area contributed by atoms with Gasteiger partial charge >= 0.3 is 0 Å². The largest absolute Gasteiger partial charge is 0.343 e. The third-order valence-corrected chi connectivity index (χ3v) is 2.75. The summed E-state index contributed by atoms with van der Waals surface area (Å²) >= 11 is 0. The van der Waals surface area contributed by atoms with Crippen molar-refractivity contribution >= 4 is 5.91 Å². The van der Waals surface area contributed by atoms with Gasteiger partial charge in [-0.2, -0.15) is 0 Å². The molecule has 1 aromatic rings. The van der Waals surface area contributed by atoms with Crippen LogP contribution >= 0.6 is 0 Å². The molecule has 0 saturated heterocycles. The highest BCUT2D eigenvalue weighted by Gasteiger charge is 2.18. The fraction of sp³-hybridized carbons (Fsp3) is 0.462. The van der Waals surface area contributed by atoms with E-state index in [0.29, 0.717) is 0 Å². The third-order valence-electron chi connectivity index (χ3n) is 2.75. The number of rotatable bonds is 4. The van der Waals surface area contributed by atoms with E-state index in [1.807, 2.05) is 56.0 Å². The highest BCUT2D eigenvalue weighted by Crippen LogP contribution is 2.17. The van der Waals surface area contributed by atoms with Crippen LogP contribution in [0.1, 0.15) is 32.3 Å². The summed E-state index contributed by atoms with van der Waals surface area (Å²) in [7, 11) is 0. The van der Waals surface area contributed by atoms with Gasteiger partial charge in [0.25, 0.3) is 0 Å². The zero-order valence-electron chi connectivity index (χ0n) is 9.73. The summed E-state index contributed by atoms with van der Waals surface area (Å²) in [5.41, 5.74) is 1.09. The number of carbonyl (C=O) groups excluding carboxylic acids is 1. The van der Waals surface area contributed by atoms with E-state index < -0.39 is 0 Å². The van der Waals surface area contributed by atoms with E-state index in [-0.39, 0.29) is 11.8 Å². The summed E-state index contributed by atoms with van der Waals surface area (Å²) < 4.78 is 0. The van der Waals surface area contributed by atoms with Gasteiger partial charge in [-0.15, -0.1) is 0 Å². The van der Waals surface area contributed by atoms with Crippen molar-refractivity contribution in [2.75, 3.05) is 13.1 Å². The predicted octanol–water partition coefficient (Wildman–Crippen LogP) is 2.66. The van der Waals surface area contributed by atoms with Crippen LogP contribution in [-0.2, 0) is 4.79 Å². The first kappa shape index (κ1) is 11.8. The van der Waals surface area contributed by atoms with Crippen LogP contribution in [0.5, 0.6) is 0 Å². The van der Waals surface area contributed by atoms with E-state index in [1.165, 1.54) is 0 Å². The van der Waals surface area contributed by atoms with Gasteiger partial charge in [0.2, 0.25) is 5.91 Å². The average Bonchev–Trinajstić information content (AvgIpc) is 2.30. The van der Waals surface area contributed by atoms with Crippen molar-refractivity contribution in [2.24, 2.45) is 0 Å². The zero-order chi connectivity index (χ0) is 11.3. The van der Waals surface area contributed by atoms with Gasteiger partial charge in [-0.05, 0) is 26.3 Å². The number of amides is 1. The van der Waals surface area contributed by atoms with Crippen LogP contribution in [-0.4, -0.2) is 23.9 Å². The molecule has 0 aliphatic heterocycles. The number of likely N-dealkylation sites (N-methyl/N-ethyl adjacent to an activating group) is 1. The van der Waals surface area contributed by atoms with E-state index in [2.05, 4.69) is 0 Å². The third kappa shape index (κ3) is 2.82. The van der Waals surface area contributed by atoms with Gasteiger partial charge in [-0.3, -0.25) is 4.79 Å². The Morgan fingerprint density at radius 3 is 2.20 bits per heavy atom. The lowest BCUT2D eigenvalue weighted by atomic mass is 10.00. The Hall–Kier alpha value is -1.31. The lowest BCUT2D eigenvalue weighted by Gasteiger charge is -2.23. The maximum atomic E-state index is 12.0. The van der Waals surface area contributed by atoms with Crippen molar-refractivity contribution in [1.29, 1.82) is 0 Å². The molecule has 1 aromatic carbocycles. The predicted molar refractivity (Wildman–Crippen MR) is 62.8 cm³/mol. The van der Waals surface area contributed by atoms with Gasteiger partial charge < -0.3 is 4.90 Å². The molecule has 0 bridgehead atoms. The normalized spacial score (nSPS) is 12.2. The first-order chi connectivity index (χ1) is 7.20. The quantitative estimate of drug-likeness (QED) is 0.740. The summed E-state index contributed by atoms with van der Waals surface area (Å²) in [5.74, 6) is 0.178. The molecule has 0 aliphatic rings. The standard InChI is InChI=1S/C13H19NO/c1-4-14(5-2)13(15)11(3)12-9-7-6-8-10-12/h6-11H,4-5H2,1-3H3. The van der Waals surface area contributed by atoms with E-state index in [1.54, 1.807) is 0 Å².